The van der Waals surface area contributed by atoms with Gasteiger partial charge in [-0.05, 0) is 37.6 Å². The molecule has 1 heterocycles. The van der Waals surface area contributed by atoms with Gasteiger partial charge in [0, 0.05) is 31.4 Å². The second-order valence-electron chi connectivity index (χ2n) is 4.57. The number of nitrogens with zero attached hydrogens (tertiary/aromatic N) is 1. The van der Waals surface area contributed by atoms with Gasteiger partial charge in [-0.1, -0.05) is 0 Å². The van der Waals surface area contributed by atoms with E-state index in [0.29, 0.717) is 6.04 Å². The third kappa shape index (κ3) is 3.68. The van der Waals surface area contributed by atoms with Crippen LogP contribution < -0.4 is 10.2 Å². The first-order valence-electron chi connectivity index (χ1n) is 6.61. The van der Waals surface area contributed by atoms with E-state index in [0.717, 1.165) is 45.0 Å². The van der Waals surface area contributed by atoms with Crippen LogP contribution in [-0.2, 0) is 4.74 Å². The van der Waals surface area contributed by atoms with E-state index < -0.39 is 0 Å². The average molecular weight is 252 g/mol. The molecule has 18 heavy (non-hydrogen) atoms. The molecule has 0 bridgehead atoms. The Balaban J connectivity index is 1.86. The molecule has 0 spiro atoms. The van der Waals surface area contributed by atoms with Crippen LogP contribution in [0.2, 0.25) is 0 Å². The van der Waals surface area contributed by atoms with Crippen molar-refractivity contribution in [3.63, 3.8) is 0 Å². The molecule has 1 saturated heterocycles. The maximum absolute atomic E-state index is 12.9. The topological polar surface area (TPSA) is 24.5 Å². The number of hydrogen-bond acceptors (Lipinski definition) is 3. The minimum Gasteiger partial charge on any atom is -0.379 e. The van der Waals surface area contributed by atoms with E-state index >= 15 is 0 Å². The van der Waals surface area contributed by atoms with Crippen LogP contribution in [0.25, 0.3) is 0 Å². The van der Waals surface area contributed by atoms with Crippen molar-refractivity contribution < 1.29 is 9.13 Å². The molecule has 1 atom stereocenters. The molecule has 3 nitrogen and oxygen atoms in total. The molecular formula is C14H21FN2O. The Kier molecular flexibility index (Phi) is 4.96. The maximum Gasteiger partial charge on any atom is 0.123 e. The average Bonchev–Trinajstić information content (AvgIpc) is 2.42. The number of rotatable bonds is 5. The summed E-state index contributed by atoms with van der Waals surface area (Å²) in [6.45, 7) is 6.55. The predicted molar refractivity (Wildman–Crippen MR) is 71.5 cm³/mol. The van der Waals surface area contributed by atoms with Crippen LogP contribution >= 0.6 is 0 Å². The van der Waals surface area contributed by atoms with Crippen LogP contribution in [0.1, 0.15) is 13.3 Å². The summed E-state index contributed by atoms with van der Waals surface area (Å²) in [4.78, 5) is 2.26. The molecule has 1 aromatic rings. The molecule has 0 aliphatic carbocycles. The molecule has 1 N–H and O–H groups in total. The fourth-order valence-electron chi connectivity index (χ4n) is 2.24. The lowest BCUT2D eigenvalue weighted by atomic mass is 10.1. The summed E-state index contributed by atoms with van der Waals surface area (Å²) >= 11 is 0. The molecule has 1 aliphatic heterocycles. The van der Waals surface area contributed by atoms with Gasteiger partial charge < -0.3 is 15.0 Å². The standard InChI is InChI=1S/C14H21FN2O/c1-2-17(14-5-3-12(15)4-6-14)9-7-13-11-18-10-8-16-13/h3-6,13,16H,2,7-11H2,1H3. The van der Waals surface area contributed by atoms with Gasteiger partial charge in [0.1, 0.15) is 5.82 Å². The van der Waals surface area contributed by atoms with Crippen LogP contribution in [0, 0.1) is 5.82 Å². The summed E-state index contributed by atoms with van der Waals surface area (Å²) in [6.07, 6.45) is 1.05. The summed E-state index contributed by atoms with van der Waals surface area (Å²) in [5.41, 5.74) is 1.08. The fourth-order valence-corrected chi connectivity index (χ4v) is 2.24. The summed E-state index contributed by atoms with van der Waals surface area (Å²) < 4.78 is 18.3. The Bertz CT molecular complexity index is 349. The zero-order valence-corrected chi connectivity index (χ0v) is 10.9. The van der Waals surface area contributed by atoms with Crippen molar-refractivity contribution in [2.45, 2.75) is 19.4 Å². The molecule has 4 heteroatoms. The molecule has 0 saturated carbocycles. The van der Waals surface area contributed by atoms with Gasteiger partial charge >= 0.3 is 0 Å². The minimum absolute atomic E-state index is 0.183. The minimum atomic E-state index is -0.183. The van der Waals surface area contributed by atoms with Gasteiger partial charge in [-0.2, -0.15) is 0 Å². The van der Waals surface area contributed by atoms with Crippen LogP contribution in [0.4, 0.5) is 10.1 Å². The van der Waals surface area contributed by atoms with Crippen LogP contribution in [0.15, 0.2) is 24.3 Å². The predicted octanol–water partition coefficient (Wildman–Crippen LogP) is 2.03. The van der Waals surface area contributed by atoms with Gasteiger partial charge in [-0.3, -0.25) is 0 Å². The quantitative estimate of drug-likeness (QED) is 0.868. The van der Waals surface area contributed by atoms with Gasteiger partial charge in [0.05, 0.1) is 13.2 Å². The smallest absolute Gasteiger partial charge is 0.123 e. The monoisotopic (exact) mass is 252 g/mol. The molecule has 2 rings (SSSR count). The number of benzene rings is 1. The molecular weight excluding hydrogens is 231 g/mol. The highest BCUT2D eigenvalue weighted by molar-refractivity contribution is 5.45. The van der Waals surface area contributed by atoms with E-state index in [2.05, 4.69) is 17.1 Å². The molecule has 1 aromatic carbocycles. The number of nitrogens with one attached hydrogen (secondary N) is 1. The van der Waals surface area contributed by atoms with Gasteiger partial charge in [0.15, 0.2) is 0 Å². The van der Waals surface area contributed by atoms with Gasteiger partial charge in [-0.25, -0.2) is 4.39 Å². The van der Waals surface area contributed by atoms with E-state index in [-0.39, 0.29) is 5.82 Å². The summed E-state index contributed by atoms with van der Waals surface area (Å²) in [5.74, 6) is -0.183. The van der Waals surface area contributed by atoms with Crippen molar-refractivity contribution in [2.75, 3.05) is 37.7 Å². The Morgan fingerprint density at radius 2 is 2.17 bits per heavy atom. The highest BCUT2D eigenvalue weighted by atomic mass is 19.1. The third-order valence-electron chi connectivity index (χ3n) is 3.32. The first-order chi connectivity index (χ1) is 8.79. The maximum atomic E-state index is 12.9. The van der Waals surface area contributed by atoms with Crippen LogP contribution in [0.5, 0.6) is 0 Å². The SMILES string of the molecule is CCN(CCC1COCCN1)c1ccc(F)cc1. The van der Waals surface area contributed by atoms with E-state index in [9.17, 15) is 4.39 Å². The number of hydrogen-bond donors (Lipinski definition) is 1. The Morgan fingerprint density at radius 1 is 1.39 bits per heavy atom. The van der Waals surface area contributed by atoms with Crippen molar-refractivity contribution in [1.82, 2.24) is 5.32 Å². The Hall–Kier alpha value is -1.13. The molecule has 1 unspecified atom stereocenters. The lowest BCUT2D eigenvalue weighted by molar-refractivity contribution is 0.0748. The summed E-state index contributed by atoms with van der Waals surface area (Å²) in [7, 11) is 0. The highest BCUT2D eigenvalue weighted by Crippen LogP contribution is 2.15. The first-order valence-corrected chi connectivity index (χ1v) is 6.61. The molecule has 0 aromatic heterocycles. The van der Waals surface area contributed by atoms with Gasteiger partial charge in [-0.15, -0.1) is 0 Å². The van der Waals surface area contributed by atoms with E-state index in [4.69, 9.17) is 4.74 Å². The van der Waals surface area contributed by atoms with Crippen molar-refractivity contribution in [3.8, 4) is 0 Å². The Labute approximate surface area is 108 Å². The number of anilines is 1. The van der Waals surface area contributed by atoms with Gasteiger partial charge in [0.25, 0.3) is 0 Å². The van der Waals surface area contributed by atoms with Crippen molar-refractivity contribution in [3.05, 3.63) is 30.1 Å². The van der Waals surface area contributed by atoms with Gasteiger partial charge in [0.2, 0.25) is 0 Å². The van der Waals surface area contributed by atoms with Crippen molar-refractivity contribution in [1.29, 1.82) is 0 Å². The largest absolute Gasteiger partial charge is 0.379 e. The van der Waals surface area contributed by atoms with E-state index in [1.54, 1.807) is 0 Å². The zero-order chi connectivity index (χ0) is 12.8. The van der Waals surface area contributed by atoms with Crippen molar-refractivity contribution >= 4 is 5.69 Å². The molecule has 0 amide bonds. The van der Waals surface area contributed by atoms with Crippen LogP contribution in [0.3, 0.4) is 0 Å². The second kappa shape index (κ2) is 6.71. The third-order valence-corrected chi connectivity index (χ3v) is 3.32. The van der Waals surface area contributed by atoms with E-state index in [1.165, 1.54) is 12.1 Å². The second-order valence-corrected chi connectivity index (χ2v) is 4.57. The lowest BCUT2D eigenvalue weighted by Gasteiger charge is -2.28. The zero-order valence-electron chi connectivity index (χ0n) is 10.9. The Morgan fingerprint density at radius 3 is 2.78 bits per heavy atom. The molecule has 1 fully saturated rings. The molecule has 0 radical (unpaired) electrons. The first kappa shape index (κ1) is 13.3. The van der Waals surface area contributed by atoms with Crippen LogP contribution in [-0.4, -0.2) is 38.9 Å². The molecule has 1 aliphatic rings. The number of morpholine rings is 1. The summed E-state index contributed by atoms with van der Waals surface area (Å²) in [6, 6.07) is 7.14. The normalized spacial score (nSPS) is 19.8. The lowest BCUT2D eigenvalue weighted by Crippen LogP contribution is -2.43. The highest BCUT2D eigenvalue weighted by Gasteiger charge is 2.14. The van der Waals surface area contributed by atoms with E-state index in [1.807, 2.05) is 12.1 Å². The number of ether oxygens (including phenoxy) is 1. The number of halogens is 1. The fraction of sp³-hybridized carbons (Fsp3) is 0.571. The molecule has 100 valence electrons. The van der Waals surface area contributed by atoms with Crippen molar-refractivity contribution in [2.24, 2.45) is 0 Å². The summed E-state index contributed by atoms with van der Waals surface area (Å²) in [5, 5.41) is 3.45.